The van der Waals surface area contributed by atoms with Crippen molar-refractivity contribution in [3.8, 4) is 0 Å². The molecule has 5 aromatic rings. The van der Waals surface area contributed by atoms with Crippen LogP contribution < -0.4 is 21.3 Å². The van der Waals surface area contributed by atoms with Crippen LogP contribution in [0.3, 0.4) is 0 Å². The molecule has 5 rings (SSSR count). The highest BCUT2D eigenvalue weighted by Gasteiger charge is 2.33. The molecule has 4 N–H and O–H groups in total. The number of nitrogens with zero attached hydrogens (tertiary/aromatic N) is 4. The molecule has 0 saturated heterocycles. The van der Waals surface area contributed by atoms with Gasteiger partial charge in [0.15, 0.2) is 11.6 Å². The maximum Gasteiger partial charge on any atom is 0.416 e. The van der Waals surface area contributed by atoms with Crippen molar-refractivity contribution in [2.45, 2.75) is 52.1 Å². The van der Waals surface area contributed by atoms with Gasteiger partial charge in [0.25, 0.3) is 23.6 Å². The summed E-state index contributed by atoms with van der Waals surface area (Å²) in [6, 6.07) is 11.6. The van der Waals surface area contributed by atoms with Gasteiger partial charge >= 0.3 is 12.4 Å². The monoisotopic (exact) mass is 1020 g/mol. The van der Waals surface area contributed by atoms with Gasteiger partial charge in [0.2, 0.25) is 12.1 Å². The summed E-state index contributed by atoms with van der Waals surface area (Å²) in [7, 11) is 0. The smallest absolute Gasteiger partial charge is 0.324 e. The van der Waals surface area contributed by atoms with Crippen LogP contribution in [0.15, 0.2) is 105 Å². The molecule has 354 valence electrons. The Morgan fingerprint density at radius 3 is 1.12 bits per heavy atom. The molecule has 2 unspecified atom stereocenters. The second-order valence-corrected chi connectivity index (χ2v) is 16.1. The zero-order chi connectivity index (χ0) is 50.4. The van der Waals surface area contributed by atoms with Crippen LogP contribution in [0.2, 0.25) is 20.1 Å². The number of hydrogen-bond acceptors (Lipinski definition) is 10. The van der Waals surface area contributed by atoms with E-state index in [0.717, 1.165) is 50.2 Å². The molecule has 2 atom stereocenters. The predicted molar refractivity (Wildman–Crippen MR) is 243 cm³/mol. The van der Waals surface area contributed by atoms with Crippen LogP contribution in [-0.4, -0.2) is 47.3 Å². The molecule has 0 spiro atoms. The largest absolute Gasteiger partial charge is 0.416 e. The molecule has 68 heavy (non-hydrogen) atoms. The lowest BCUT2D eigenvalue weighted by atomic mass is 10.0. The van der Waals surface area contributed by atoms with Gasteiger partial charge in [-0.1, -0.05) is 46.4 Å². The number of halogens is 10. The van der Waals surface area contributed by atoms with Gasteiger partial charge in [-0.2, -0.15) is 46.8 Å². The van der Waals surface area contributed by atoms with Crippen molar-refractivity contribution >= 4 is 116 Å². The Hall–Kier alpha value is -6.74. The van der Waals surface area contributed by atoms with Crippen molar-refractivity contribution < 1.29 is 55.1 Å². The van der Waals surface area contributed by atoms with E-state index in [1.54, 1.807) is 13.8 Å². The molecule has 0 saturated carbocycles. The lowest BCUT2D eigenvalue weighted by Gasteiger charge is -2.17. The Labute approximate surface area is 401 Å². The molecule has 5 aromatic carbocycles. The maximum absolute atomic E-state index is 13.4. The van der Waals surface area contributed by atoms with Crippen LogP contribution in [0, 0.1) is 13.8 Å². The topological polar surface area (TPSA) is 200 Å². The molecule has 0 aliphatic rings. The maximum atomic E-state index is 13.4. The molecule has 0 radical (unpaired) electrons. The molecule has 0 aromatic heterocycles. The van der Waals surface area contributed by atoms with Crippen LogP contribution in [0.4, 0.5) is 60.5 Å². The first-order chi connectivity index (χ1) is 31.7. The number of benzene rings is 5. The molecule has 0 aliphatic heterocycles. The van der Waals surface area contributed by atoms with Crippen molar-refractivity contribution in [2.24, 2.45) is 20.5 Å². The highest BCUT2D eigenvalue weighted by atomic mass is 35.5. The summed E-state index contributed by atoms with van der Waals surface area (Å²) in [5.41, 5.74) is -1.54. The lowest BCUT2D eigenvalue weighted by molar-refractivity contribution is -0.138. The minimum absolute atomic E-state index is 0.0291. The number of carbonyl (C=O) groups excluding carboxylic acids is 6. The molecule has 0 heterocycles. The van der Waals surface area contributed by atoms with Crippen LogP contribution in [-0.2, 0) is 31.5 Å². The Bertz CT molecular complexity index is 2740. The summed E-state index contributed by atoms with van der Waals surface area (Å²) in [5.74, 6) is -5.00. The van der Waals surface area contributed by atoms with E-state index < -0.39 is 80.8 Å². The van der Waals surface area contributed by atoms with E-state index in [1.807, 2.05) is 0 Å². The minimum atomic E-state index is -4.67. The molecular formula is C44H32Cl4F6N8O6. The first-order valence-electron chi connectivity index (χ1n) is 19.2. The molecule has 14 nitrogen and oxygen atoms in total. The number of anilines is 4. The fourth-order valence-electron chi connectivity index (χ4n) is 5.84. The van der Waals surface area contributed by atoms with E-state index in [-0.39, 0.29) is 55.3 Å². The van der Waals surface area contributed by atoms with Gasteiger partial charge < -0.3 is 21.3 Å². The third-order valence-corrected chi connectivity index (χ3v) is 10.9. The molecule has 24 heteroatoms. The van der Waals surface area contributed by atoms with E-state index in [1.165, 1.54) is 36.4 Å². The van der Waals surface area contributed by atoms with Gasteiger partial charge in [-0.25, -0.2) is 0 Å². The van der Waals surface area contributed by atoms with Crippen LogP contribution in [0.25, 0.3) is 0 Å². The van der Waals surface area contributed by atoms with Crippen LogP contribution >= 0.6 is 46.4 Å². The quantitative estimate of drug-likeness (QED) is 0.0484. The summed E-state index contributed by atoms with van der Waals surface area (Å²) in [5, 5.41) is 24.6. The van der Waals surface area contributed by atoms with Gasteiger partial charge in [-0.05, 0) is 124 Å². The summed E-state index contributed by atoms with van der Waals surface area (Å²) in [6.07, 6.45) is -9.34. The number of azo groups is 2. The van der Waals surface area contributed by atoms with Gasteiger partial charge in [0.1, 0.15) is 0 Å². The molecule has 4 amide bonds. The average molecular weight is 1020 g/mol. The fourth-order valence-corrected chi connectivity index (χ4v) is 6.71. The van der Waals surface area contributed by atoms with Gasteiger partial charge in [-0.3, -0.25) is 28.8 Å². The zero-order valence-corrected chi connectivity index (χ0v) is 38.3. The number of alkyl halides is 6. The van der Waals surface area contributed by atoms with Crippen LogP contribution in [0.1, 0.15) is 56.8 Å². The molecule has 0 aliphatic carbocycles. The van der Waals surface area contributed by atoms with Crippen molar-refractivity contribution in [3.05, 3.63) is 138 Å². The summed E-state index contributed by atoms with van der Waals surface area (Å²) in [6.45, 7) is 5.35. The van der Waals surface area contributed by atoms with E-state index in [4.69, 9.17) is 46.4 Å². The zero-order valence-electron chi connectivity index (χ0n) is 35.3. The highest BCUT2D eigenvalue weighted by Crippen LogP contribution is 2.36. The van der Waals surface area contributed by atoms with Gasteiger partial charge in [0, 0.05) is 11.4 Å². The molecule has 0 bridgehead atoms. The van der Waals surface area contributed by atoms with E-state index in [0.29, 0.717) is 23.3 Å². The van der Waals surface area contributed by atoms with Crippen molar-refractivity contribution in [2.75, 3.05) is 21.3 Å². The van der Waals surface area contributed by atoms with Crippen molar-refractivity contribution in [1.29, 1.82) is 0 Å². The average Bonchev–Trinajstić information content (AvgIpc) is 3.25. The highest BCUT2D eigenvalue weighted by molar-refractivity contribution is 6.37. The predicted octanol–water partition coefficient (Wildman–Crippen LogP) is 12.8. The number of carbonyl (C=O) groups is 6. The van der Waals surface area contributed by atoms with Crippen molar-refractivity contribution in [1.82, 2.24) is 0 Å². The number of rotatable bonds is 14. The molecular weight excluding hydrogens is 992 g/mol. The summed E-state index contributed by atoms with van der Waals surface area (Å²) in [4.78, 5) is 78.0. The second-order valence-electron chi connectivity index (χ2n) is 14.5. The molecule has 0 fully saturated rings. The van der Waals surface area contributed by atoms with E-state index >= 15 is 0 Å². The first kappa shape index (κ1) is 52.2. The van der Waals surface area contributed by atoms with Crippen LogP contribution in [0.5, 0.6) is 0 Å². The number of amides is 4. The Kier molecular flexibility index (Phi) is 16.5. The summed E-state index contributed by atoms with van der Waals surface area (Å²) >= 11 is 24.3. The van der Waals surface area contributed by atoms with E-state index in [2.05, 4.69) is 41.7 Å². The standard InChI is InChI=1S/C44H32Cl4F6N8O6/c1-19-20(2)34(56-42(68)38(22(4)64)62-60-26-8-10-30(46)28(18-26)40(66)58-36-12-6-24(16-32(36)48)44(52,53)54)14-13-33(19)55-41(67)37(21(3)63)61-59-25-7-9-29(45)27(17-25)39(65)57-35-11-5-23(15-31(35)47)43(49,50)51/h5-18,37-38H,1-4H3,(H,55,67)(H,56,68)(H,57,65)(H,58,66). The number of hydrogen-bond donors (Lipinski definition) is 4. The number of Topliss-reactive ketones (excluding diaryl/α,β-unsaturated/α-hetero) is 2. The van der Waals surface area contributed by atoms with E-state index in [9.17, 15) is 55.1 Å². The van der Waals surface area contributed by atoms with Crippen molar-refractivity contribution in [3.63, 3.8) is 0 Å². The number of ketones is 2. The first-order valence-corrected chi connectivity index (χ1v) is 20.8. The lowest BCUT2D eigenvalue weighted by Crippen LogP contribution is -2.33. The normalized spacial score (nSPS) is 12.7. The summed E-state index contributed by atoms with van der Waals surface area (Å²) < 4.78 is 78.4. The third kappa shape index (κ3) is 13.0. The Morgan fingerprint density at radius 2 is 0.809 bits per heavy atom. The number of nitrogens with one attached hydrogen (secondary N) is 4. The minimum Gasteiger partial charge on any atom is -0.324 e. The second kappa shape index (κ2) is 21.5. The Morgan fingerprint density at radius 1 is 0.471 bits per heavy atom. The Balaban J connectivity index is 1.25. The van der Waals surface area contributed by atoms with Gasteiger partial charge in [0.05, 0.1) is 65.1 Å². The fraction of sp³-hybridized carbons (Fsp3) is 0.182. The van der Waals surface area contributed by atoms with Gasteiger partial charge in [-0.15, -0.1) is 0 Å². The third-order valence-electron chi connectivity index (χ3n) is 9.63. The SMILES string of the molecule is CC(=O)C(N=Nc1ccc(Cl)c(C(=O)Nc2ccc(C(F)(F)F)cc2Cl)c1)C(=O)Nc1ccc(NC(=O)C(N=Nc2ccc(Cl)c(C(=O)Nc3ccc(C(F)(F)F)cc3Cl)c2)C(C)=O)c(C)c1C.